The quantitative estimate of drug-likeness (QED) is 0.192. The number of nitrogens with one attached hydrogen (secondary N) is 1. The zero-order chi connectivity index (χ0) is 21.8. The standard InChI is InChI=1S/C24H33N7/c25-11-14-31(28)29-12-4-13-30-23-16-19(27)8-10-21(23)20-9-7-18(26)15-22(20)24(30)17-5-2-1-3-6-17/h1-3,5-7,9,15-16,24,29H,4,8,10-14,25-28H2. The highest BCUT2D eigenvalue weighted by molar-refractivity contribution is 5.78. The number of hydrazine groups is 2. The van der Waals surface area contributed by atoms with E-state index in [1.807, 2.05) is 6.07 Å². The largest absolute Gasteiger partial charge is 0.402 e. The molecule has 0 spiro atoms. The lowest BCUT2D eigenvalue weighted by Gasteiger charge is -2.43. The summed E-state index contributed by atoms with van der Waals surface area (Å²) in [5, 5.41) is 1.56. The van der Waals surface area contributed by atoms with Crippen molar-refractivity contribution in [2.45, 2.75) is 25.3 Å². The maximum absolute atomic E-state index is 6.29. The average molecular weight is 420 g/mol. The van der Waals surface area contributed by atoms with Gasteiger partial charge in [0, 0.05) is 43.3 Å². The van der Waals surface area contributed by atoms with Gasteiger partial charge in [0.15, 0.2) is 0 Å². The summed E-state index contributed by atoms with van der Waals surface area (Å²) in [6.45, 7) is 2.75. The summed E-state index contributed by atoms with van der Waals surface area (Å²) in [5.74, 6) is 5.91. The summed E-state index contributed by atoms with van der Waals surface area (Å²) in [7, 11) is 0. The smallest absolute Gasteiger partial charge is 0.0802 e. The van der Waals surface area contributed by atoms with E-state index < -0.39 is 0 Å². The fourth-order valence-corrected chi connectivity index (χ4v) is 4.59. The number of allylic oxidation sites excluding steroid dienone is 3. The Morgan fingerprint density at radius 2 is 1.87 bits per heavy atom. The lowest BCUT2D eigenvalue weighted by Crippen LogP contribution is -2.47. The summed E-state index contributed by atoms with van der Waals surface area (Å²) in [4.78, 5) is 2.48. The molecule has 1 aliphatic carbocycles. The van der Waals surface area contributed by atoms with Crippen LogP contribution in [0.5, 0.6) is 0 Å². The second kappa shape index (κ2) is 9.53. The number of nitrogens with zero attached hydrogens (tertiary/aromatic N) is 2. The highest BCUT2D eigenvalue weighted by Crippen LogP contribution is 2.46. The minimum atomic E-state index is 0.0821. The van der Waals surface area contributed by atoms with Crippen LogP contribution in [0.25, 0.3) is 5.57 Å². The maximum atomic E-state index is 6.29. The Balaban J connectivity index is 1.70. The summed E-state index contributed by atoms with van der Waals surface area (Å²) >= 11 is 0. The maximum Gasteiger partial charge on any atom is 0.0802 e. The number of nitrogen functional groups attached to an aromatic ring is 1. The molecule has 1 atom stereocenters. The van der Waals surface area contributed by atoms with E-state index in [9.17, 15) is 0 Å². The van der Waals surface area contributed by atoms with Gasteiger partial charge in [-0.25, -0.2) is 5.43 Å². The van der Waals surface area contributed by atoms with Gasteiger partial charge < -0.3 is 22.1 Å². The third-order valence-corrected chi connectivity index (χ3v) is 5.99. The average Bonchev–Trinajstić information content (AvgIpc) is 2.77. The molecule has 1 unspecified atom stereocenters. The van der Waals surface area contributed by atoms with E-state index in [-0.39, 0.29) is 6.04 Å². The van der Waals surface area contributed by atoms with E-state index in [0.717, 1.165) is 43.7 Å². The fourth-order valence-electron chi connectivity index (χ4n) is 4.59. The fraction of sp³-hybridized carbons (Fsp3) is 0.333. The van der Waals surface area contributed by atoms with E-state index in [2.05, 4.69) is 58.9 Å². The minimum absolute atomic E-state index is 0.0821. The van der Waals surface area contributed by atoms with Crippen LogP contribution in [0.2, 0.25) is 0 Å². The Hall–Kier alpha value is -2.84. The van der Waals surface area contributed by atoms with E-state index in [1.54, 1.807) is 5.12 Å². The van der Waals surface area contributed by atoms with Crippen LogP contribution in [0.3, 0.4) is 0 Å². The van der Waals surface area contributed by atoms with Crippen LogP contribution in [0.1, 0.15) is 42.0 Å². The van der Waals surface area contributed by atoms with Gasteiger partial charge in [0.2, 0.25) is 0 Å². The monoisotopic (exact) mass is 419 g/mol. The van der Waals surface area contributed by atoms with Gasteiger partial charge in [0.05, 0.1) is 6.04 Å². The van der Waals surface area contributed by atoms with Crippen molar-refractivity contribution >= 4 is 11.3 Å². The minimum Gasteiger partial charge on any atom is -0.402 e. The molecule has 164 valence electrons. The molecule has 1 aliphatic heterocycles. The van der Waals surface area contributed by atoms with Crippen molar-refractivity contribution in [3.8, 4) is 0 Å². The van der Waals surface area contributed by atoms with Crippen LogP contribution < -0.4 is 28.5 Å². The first kappa shape index (κ1) is 21.4. The molecule has 0 saturated carbocycles. The molecular weight excluding hydrogens is 386 g/mol. The summed E-state index contributed by atoms with van der Waals surface area (Å²) in [5.41, 5.74) is 29.4. The van der Waals surface area contributed by atoms with Gasteiger partial charge in [-0.05, 0) is 59.7 Å². The van der Waals surface area contributed by atoms with Gasteiger partial charge in [-0.2, -0.15) is 5.12 Å². The molecule has 7 heteroatoms. The normalized spacial score (nSPS) is 18.1. The Morgan fingerprint density at radius 1 is 1.06 bits per heavy atom. The molecule has 0 amide bonds. The molecule has 0 aromatic heterocycles. The van der Waals surface area contributed by atoms with Crippen molar-refractivity contribution in [2.24, 2.45) is 17.3 Å². The summed E-state index contributed by atoms with van der Waals surface area (Å²) in [6, 6.07) is 17.0. The zero-order valence-corrected chi connectivity index (χ0v) is 17.9. The molecular formula is C24H33N7. The molecule has 2 aromatic rings. The van der Waals surface area contributed by atoms with Gasteiger partial charge in [-0.15, -0.1) is 0 Å². The van der Waals surface area contributed by atoms with Crippen molar-refractivity contribution in [1.82, 2.24) is 15.4 Å². The van der Waals surface area contributed by atoms with Crippen molar-refractivity contribution in [1.29, 1.82) is 0 Å². The Morgan fingerprint density at radius 3 is 2.65 bits per heavy atom. The van der Waals surface area contributed by atoms with Crippen LogP contribution in [-0.2, 0) is 0 Å². The van der Waals surface area contributed by atoms with E-state index >= 15 is 0 Å². The second-order valence-electron chi connectivity index (χ2n) is 8.18. The van der Waals surface area contributed by atoms with Crippen molar-refractivity contribution < 1.29 is 0 Å². The SMILES string of the molecule is NCCN(N)NCCCN1C2=C(CCC(N)=C2)c2ccc(N)cc2C1c1ccccc1. The van der Waals surface area contributed by atoms with Crippen LogP contribution in [-0.4, -0.2) is 36.2 Å². The molecule has 0 bridgehead atoms. The van der Waals surface area contributed by atoms with E-state index in [1.165, 1.54) is 28.0 Å². The van der Waals surface area contributed by atoms with E-state index in [0.29, 0.717) is 13.1 Å². The first-order valence-electron chi connectivity index (χ1n) is 10.9. The van der Waals surface area contributed by atoms with Gasteiger partial charge in [0.1, 0.15) is 0 Å². The number of hydrogen-bond acceptors (Lipinski definition) is 7. The Kier molecular flexibility index (Phi) is 6.58. The lowest BCUT2D eigenvalue weighted by molar-refractivity contribution is 0.189. The first-order valence-corrected chi connectivity index (χ1v) is 10.9. The van der Waals surface area contributed by atoms with Crippen LogP contribution >= 0.6 is 0 Å². The summed E-state index contributed by atoms with van der Waals surface area (Å²) in [6.07, 6.45) is 4.90. The number of fused-ring (bicyclic) bond motifs is 2. The molecule has 2 aliphatic rings. The number of hydrogen-bond donors (Lipinski definition) is 5. The highest BCUT2D eigenvalue weighted by Gasteiger charge is 2.34. The van der Waals surface area contributed by atoms with Crippen LogP contribution in [0, 0.1) is 0 Å². The zero-order valence-electron chi connectivity index (χ0n) is 17.9. The molecule has 0 saturated heterocycles. The first-order chi connectivity index (χ1) is 15.1. The predicted molar refractivity (Wildman–Crippen MR) is 127 cm³/mol. The number of nitrogens with two attached hydrogens (primary N) is 4. The molecule has 0 radical (unpaired) electrons. The number of anilines is 1. The molecule has 4 rings (SSSR count). The molecule has 7 nitrogen and oxygen atoms in total. The van der Waals surface area contributed by atoms with Crippen molar-refractivity contribution in [3.63, 3.8) is 0 Å². The van der Waals surface area contributed by atoms with Crippen molar-refractivity contribution in [2.75, 3.05) is 31.9 Å². The lowest BCUT2D eigenvalue weighted by atomic mass is 9.81. The third-order valence-electron chi connectivity index (χ3n) is 5.99. The van der Waals surface area contributed by atoms with Crippen molar-refractivity contribution in [3.05, 3.63) is 82.7 Å². The molecule has 0 fully saturated rings. The Labute approximate surface area is 184 Å². The van der Waals surface area contributed by atoms with Crippen LogP contribution in [0.4, 0.5) is 5.69 Å². The van der Waals surface area contributed by atoms with Gasteiger partial charge in [-0.3, -0.25) is 5.84 Å². The highest BCUT2D eigenvalue weighted by atomic mass is 15.7. The molecule has 9 N–H and O–H groups in total. The second-order valence-corrected chi connectivity index (χ2v) is 8.18. The molecule has 1 heterocycles. The third kappa shape index (κ3) is 4.60. The predicted octanol–water partition coefficient (Wildman–Crippen LogP) is 2.05. The van der Waals surface area contributed by atoms with Crippen LogP contribution in [0.15, 0.2) is 66.0 Å². The van der Waals surface area contributed by atoms with Gasteiger partial charge in [0.25, 0.3) is 0 Å². The number of benzene rings is 2. The number of rotatable bonds is 8. The van der Waals surface area contributed by atoms with E-state index in [4.69, 9.17) is 23.0 Å². The van der Waals surface area contributed by atoms with Gasteiger partial charge >= 0.3 is 0 Å². The Bertz CT molecular complexity index is 967. The molecule has 31 heavy (non-hydrogen) atoms. The summed E-state index contributed by atoms with van der Waals surface area (Å²) < 4.78 is 0. The topological polar surface area (TPSA) is 123 Å². The molecule has 2 aromatic carbocycles. The van der Waals surface area contributed by atoms with Gasteiger partial charge in [-0.1, -0.05) is 36.4 Å².